The number of benzene rings is 3. The van der Waals surface area contributed by atoms with Gasteiger partial charge in [0.15, 0.2) is 0 Å². The Bertz CT molecular complexity index is 2050. The van der Waals surface area contributed by atoms with Crippen LogP contribution < -0.4 is 0 Å². The van der Waals surface area contributed by atoms with Gasteiger partial charge in [-0.1, -0.05) is 154 Å². The van der Waals surface area contributed by atoms with E-state index in [1.165, 1.54) is 64.4 Å². The first-order valence-electron chi connectivity index (χ1n) is 21.8. The number of allylic oxidation sites excluding steroid dienone is 4. The summed E-state index contributed by atoms with van der Waals surface area (Å²) in [7, 11) is 0. The van der Waals surface area contributed by atoms with Crippen LogP contribution in [-0.4, -0.2) is 33.6 Å². The molecule has 9 heteroatoms. The van der Waals surface area contributed by atoms with E-state index in [1.807, 2.05) is 91.0 Å². The Morgan fingerprint density at radius 2 is 0.875 bits per heavy atom. The molecule has 4 nitrogen and oxygen atoms in total. The first kappa shape index (κ1) is 66.7. The number of halogens is 3. The van der Waals surface area contributed by atoms with E-state index in [9.17, 15) is 19.8 Å². The van der Waals surface area contributed by atoms with E-state index in [-0.39, 0.29) is 29.8 Å². The number of hydrogen-bond acceptors (Lipinski definition) is 4. The average molecular weight is 1210 g/mol. The number of rotatable bonds is 2. The zero-order chi connectivity index (χ0) is 49.0. The van der Waals surface area contributed by atoms with Gasteiger partial charge in [-0.3, -0.25) is 0 Å². The molecule has 3 aromatic rings. The summed E-state index contributed by atoms with van der Waals surface area (Å²) in [6.45, 7) is 46.7. The van der Waals surface area contributed by atoms with Gasteiger partial charge in [0.2, 0.25) is 0 Å². The molecule has 0 bridgehead atoms. The SMILES string of the molecule is C.C.CC.CC.CC.CC(I)I.CC1=C(C)C(C)(C)Cc2ccc(C(=O)O)c(C)c21.CC1=C(C)C(C)(C)Sc2ccc(Br)c(C)c21.CC1=C(C)C(C)(C)Sc2ccc(C(=O)O)c(C)c21. The lowest BCUT2D eigenvalue weighted by molar-refractivity contribution is 0.0685. The molecule has 0 amide bonds. The maximum atomic E-state index is 11.2. The van der Waals surface area contributed by atoms with E-state index in [1.54, 1.807) is 12.1 Å². The van der Waals surface area contributed by atoms with Gasteiger partial charge in [-0.15, -0.1) is 23.5 Å². The minimum absolute atomic E-state index is 0. The fraction of sp³-hybridized carbons (Fsp3) is 0.527. The van der Waals surface area contributed by atoms with Gasteiger partial charge in [-0.05, 0) is 195 Å². The molecule has 0 saturated carbocycles. The highest BCUT2D eigenvalue weighted by molar-refractivity contribution is 14.2. The summed E-state index contributed by atoms with van der Waals surface area (Å²) in [5, 5.41) is 18.4. The fourth-order valence-corrected chi connectivity index (χ4v) is 10.8. The normalized spacial score (nSPS) is 15.4. The standard InChI is InChI=1S/C16H20O2.C15H18O2S.C14H17BrS.C2H4I2.3C2H6.2CH4/c1-9-11(3)16(4,5)8-12-6-7-13(15(17)18)10(2)14(9)12;1-8-10(3)15(4,5)18-12-7-6-11(14(16)17)9(2)13(8)12;1-8-10(3)14(4,5)16-12-7-6-11(15)9(2)13(8)12;1-2(3)4;3*1-2;;/h6-7H,8H2,1-5H3,(H,17,18);6-7H,1-5H3,(H,16,17);6-7H,1-5H3;2H,1H3;3*1-2H3;2*1H4. The summed E-state index contributed by atoms with van der Waals surface area (Å²) < 4.78 is 2.28. The predicted molar refractivity (Wildman–Crippen MR) is 312 cm³/mol. The van der Waals surface area contributed by atoms with Crippen LogP contribution >= 0.6 is 84.6 Å². The molecule has 6 rings (SSSR count). The quantitative estimate of drug-likeness (QED) is 0.197. The van der Waals surface area contributed by atoms with Crippen LogP contribution in [0.3, 0.4) is 0 Å². The average Bonchev–Trinajstić information content (AvgIpc) is 3.18. The first-order chi connectivity index (χ1) is 28.6. The van der Waals surface area contributed by atoms with Crippen molar-refractivity contribution in [3.8, 4) is 0 Å². The van der Waals surface area contributed by atoms with E-state index in [2.05, 4.69) is 170 Å². The summed E-state index contributed by atoms with van der Waals surface area (Å²) in [5.41, 5.74) is 17.1. The number of alkyl halides is 2. The lowest BCUT2D eigenvalue weighted by atomic mass is 9.69. The third-order valence-corrected chi connectivity index (χ3v) is 15.4. The minimum atomic E-state index is -0.851. The van der Waals surface area contributed by atoms with Gasteiger partial charge in [0.05, 0.1) is 13.1 Å². The van der Waals surface area contributed by atoms with Crippen molar-refractivity contribution < 1.29 is 19.8 Å². The van der Waals surface area contributed by atoms with Gasteiger partial charge in [-0.25, -0.2) is 9.59 Å². The van der Waals surface area contributed by atoms with E-state index in [4.69, 9.17) is 0 Å². The summed E-state index contributed by atoms with van der Waals surface area (Å²) in [4.78, 5) is 25.0. The number of hydrogen-bond donors (Lipinski definition) is 2. The molecule has 0 unspecified atom stereocenters. The minimum Gasteiger partial charge on any atom is -0.478 e. The summed E-state index contributed by atoms with van der Waals surface area (Å²) in [6, 6.07) is 11.8. The Labute approximate surface area is 437 Å². The molecule has 2 aliphatic heterocycles. The fourth-order valence-electron chi connectivity index (χ4n) is 7.64. The number of thioether (sulfide) groups is 2. The summed E-state index contributed by atoms with van der Waals surface area (Å²) in [6.07, 6.45) is 0.978. The molecule has 0 aromatic heterocycles. The number of aromatic carboxylic acids is 2. The number of carbonyl (C=O) groups is 2. The Hall–Kier alpha value is -1.54. The molecular weight excluding hydrogens is 1120 g/mol. The Kier molecular flexibility index (Phi) is 29.9. The Morgan fingerprint density at radius 1 is 0.562 bits per heavy atom. The molecule has 2 heterocycles. The van der Waals surface area contributed by atoms with Crippen LogP contribution in [0.25, 0.3) is 16.7 Å². The van der Waals surface area contributed by atoms with E-state index >= 15 is 0 Å². The third-order valence-electron chi connectivity index (χ3n) is 11.8. The van der Waals surface area contributed by atoms with E-state index in [0.717, 1.165) is 30.6 Å². The second-order valence-corrected chi connectivity index (χ2v) is 26.9. The van der Waals surface area contributed by atoms with Crippen molar-refractivity contribution in [1.82, 2.24) is 0 Å². The highest BCUT2D eigenvalue weighted by atomic mass is 127. The molecular formula is C55H85BrI2O4S2. The molecule has 0 atom stereocenters. The van der Waals surface area contributed by atoms with Crippen LogP contribution in [0.15, 0.2) is 67.4 Å². The Balaban J connectivity index is -0.000000780. The molecule has 0 saturated heterocycles. The molecule has 1 aliphatic carbocycles. The lowest BCUT2D eigenvalue weighted by Gasteiger charge is -2.35. The zero-order valence-corrected chi connectivity index (χ0v) is 49.4. The highest BCUT2D eigenvalue weighted by Gasteiger charge is 2.33. The van der Waals surface area contributed by atoms with Crippen LogP contribution in [-0.2, 0) is 6.42 Å². The van der Waals surface area contributed by atoms with Gasteiger partial charge in [0.25, 0.3) is 0 Å². The molecule has 64 heavy (non-hydrogen) atoms. The monoisotopic (exact) mass is 1210 g/mol. The van der Waals surface area contributed by atoms with Crippen molar-refractivity contribution in [2.24, 2.45) is 5.41 Å². The summed E-state index contributed by atoms with van der Waals surface area (Å²) in [5.74, 6) is -1.69. The first-order valence-corrected chi connectivity index (χ1v) is 26.7. The topological polar surface area (TPSA) is 74.6 Å². The van der Waals surface area contributed by atoms with E-state index < -0.39 is 11.9 Å². The molecule has 3 aliphatic rings. The predicted octanol–water partition coefficient (Wildman–Crippen LogP) is 20.4. The maximum absolute atomic E-state index is 11.2. The lowest BCUT2D eigenvalue weighted by Crippen LogP contribution is -2.23. The molecule has 0 radical (unpaired) electrons. The van der Waals surface area contributed by atoms with Crippen molar-refractivity contribution in [1.29, 1.82) is 0 Å². The maximum Gasteiger partial charge on any atom is 0.335 e. The third kappa shape index (κ3) is 16.3. The Morgan fingerprint density at radius 3 is 1.25 bits per heavy atom. The molecule has 0 fully saturated rings. The molecule has 3 aromatic carbocycles. The van der Waals surface area contributed by atoms with Gasteiger partial charge >= 0.3 is 11.9 Å². The van der Waals surface area contributed by atoms with Crippen LogP contribution in [0.1, 0.15) is 206 Å². The van der Waals surface area contributed by atoms with Crippen LogP contribution in [0.4, 0.5) is 0 Å². The zero-order valence-electron chi connectivity index (χ0n) is 41.9. The number of carboxylic acids is 2. The van der Waals surface area contributed by atoms with Crippen molar-refractivity contribution in [3.05, 3.63) is 108 Å². The van der Waals surface area contributed by atoms with Crippen LogP contribution in [0.2, 0.25) is 0 Å². The molecule has 0 spiro atoms. The van der Waals surface area contributed by atoms with Gasteiger partial charge in [0.1, 0.15) is 0 Å². The van der Waals surface area contributed by atoms with Gasteiger partial charge in [-0.2, -0.15) is 0 Å². The van der Waals surface area contributed by atoms with Crippen LogP contribution in [0.5, 0.6) is 0 Å². The van der Waals surface area contributed by atoms with E-state index in [0.29, 0.717) is 11.1 Å². The molecule has 362 valence electrons. The second-order valence-electron chi connectivity index (χ2n) is 16.6. The highest BCUT2D eigenvalue weighted by Crippen LogP contribution is 2.51. The van der Waals surface area contributed by atoms with Crippen LogP contribution in [0, 0.1) is 26.2 Å². The number of carboxylic acid groups (broad SMARTS) is 2. The summed E-state index contributed by atoms with van der Waals surface area (Å²) >= 11 is 12.1. The number of fused-ring (bicyclic) bond motifs is 3. The molecule has 2 N–H and O–H groups in total. The smallest absolute Gasteiger partial charge is 0.335 e. The largest absolute Gasteiger partial charge is 0.478 e. The van der Waals surface area contributed by atoms with Crippen molar-refractivity contribution in [2.45, 2.75) is 195 Å². The van der Waals surface area contributed by atoms with Crippen molar-refractivity contribution in [2.75, 3.05) is 0 Å². The van der Waals surface area contributed by atoms with Gasteiger partial charge in [0, 0.05) is 23.8 Å². The van der Waals surface area contributed by atoms with Crippen molar-refractivity contribution >= 4 is 113 Å². The second kappa shape index (κ2) is 28.7. The van der Waals surface area contributed by atoms with Crippen molar-refractivity contribution in [3.63, 3.8) is 0 Å². The van der Waals surface area contributed by atoms with Gasteiger partial charge < -0.3 is 10.2 Å².